The summed E-state index contributed by atoms with van der Waals surface area (Å²) < 4.78 is 17.7. The highest BCUT2D eigenvalue weighted by Crippen LogP contribution is 2.18. The number of aryl methyl sites for hydroxylation is 1. The van der Waals surface area contributed by atoms with Crippen molar-refractivity contribution in [2.24, 2.45) is 0 Å². The predicted octanol–water partition coefficient (Wildman–Crippen LogP) is 3.33. The van der Waals surface area contributed by atoms with Crippen molar-refractivity contribution >= 4 is 35.1 Å². The first kappa shape index (κ1) is 20.4. The van der Waals surface area contributed by atoms with Gasteiger partial charge < -0.3 is 15.4 Å². The van der Waals surface area contributed by atoms with E-state index >= 15 is 0 Å². The van der Waals surface area contributed by atoms with Crippen molar-refractivity contribution in [1.29, 1.82) is 0 Å². The molecule has 0 fully saturated rings. The van der Waals surface area contributed by atoms with E-state index in [0.717, 1.165) is 17.7 Å². The maximum atomic E-state index is 13.0. The number of methoxy groups -OCH3 is 1. The third-order valence-electron chi connectivity index (χ3n) is 3.75. The van der Waals surface area contributed by atoms with E-state index in [2.05, 4.69) is 15.4 Å². The fourth-order valence-electron chi connectivity index (χ4n) is 2.27. The number of esters is 1. The normalized spacial score (nSPS) is 10.2. The van der Waals surface area contributed by atoms with Crippen LogP contribution in [0.5, 0.6) is 0 Å². The van der Waals surface area contributed by atoms with Gasteiger partial charge in [-0.25, -0.2) is 9.18 Å². The van der Waals surface area contributed by atoms with Gasteiger partial charge in [-0.2, -0.15) is 0 Å². The molecule has 0 aliphatic carbocycles. The van der Waals surface area contributed by atoms with Gasteiger partial charge in [-0.05, 0) is 42.8 Å². The Balaban J connectivity index is 1.91. The summed E-state index contributed by atoms with van der Waals surface area (Å²) in [6.45, 7) is 1.85. The molecule has 0 aromatic heterocycles. The molecule has 0 saturated carbocycles. The van der Waals surface area contributed by atoms with Crippen LogP contribution in [0, 0.1) is 12.7 Å². The fourth-order valence-corrected chi connectivity index (χ4v) is 2.53. The van der Waals surface area contributed by atoms with Crippen LogP contribution in [-0.4, -0.2) is 31.4 Å². The zero-order valence-corrected chi connectivity index (χ0v) is 15.5. The monoisotopic (exact) mass is 392 g/mol. The van der Waals surface area contributed by atoms with Crippen LogP contribution in [0.3, 0.4) is 0 Å². The lowest BCUT2D eigenvalue weighted by molar-refractivity contribution is -0.116. The van der Waals surface area contributed by atoms with E-state index in [9.17, 15) is 18.8 Å². The van der Waals surface area contributed by atoms with E-state index in [0.29, 0.717) is 11.3 Å². The van der Waals surface area contributed by atoms with Gasteiger partial charge in [-0.3, -0.25) is 9.59 Å². The molecule has 2 aromatic rings. The first-order valence-corrected chi connectivity index (χ1v) is 8.41. The topological polar surface area (TPSA) is 84.5 Å². The van der Waals surface area contributed by atoms with Gasteiger partial charge in [0.15, 0.2) is 0 Å². The minimum absolute atomic E-state index is 0.00639. The molecule has 2 rings (SSSR count). The lowest BCUT2D eigenvalue weighted by Crippen LogP contribution is -2.28. The van der Waals surface area contributed by atoms with E-state index in [-0.39, 0.29) is 29.5 Å². The Morgan fingerprint density at radius 3 is 2.56 bits per heavy atom. The van der Waals surface area contributed by atoms with Crippen LogP contribution in [0.2, 0.25) is 5.02 Å². The second-order valence-corrected chi connectivity index (χ2v) is 6.11. The van der Waals surface area contributed by atoms with E-state index in [1.54, 1.807) is 19.1 Å². The molecule has 0 heterocycles. The van der Waals surface area contributed by atoms with Crippen molar-refractivity contribution in [3.8, 4) is 0 Å². The largest absolute Gasteiger partial charge is 0.465 e. The molecule has 6 nitrogen and oxygen atoms in total. The maximum Gasteiger partial charge on any atom is 0.337 e. The lowest BCUT2D eigenvalue weighted by atomic mass is 10.1. The van der Waals surface area contributed by atoms with Crippen molar-refractivity contribution < 1.29 is 23.5 Å². The Labute approximate surface area is 160 Å². The quantitative estimate of drug-likeness (QED) is 0.738. The third-order valence-corrected chi connectivity index (χ3v) is 4.06. The summed E-state index contributed by atoms with van der Waals surface area (Å²) in [4.78, 5) is 35.7. The molecular weight excluding hydrogens is 375 g/mol. The molecule has 27 heavy (non-hydrogen) atoms. The van der Waals surface area contributed by atoms with Crippen LogP contribution in [0.15, 0.2) is 36.4 Å². The second kappa shape index (κ2) is 9.14. The van der Waals surface area contributed by atoms with E-state index in [1.165, 1.54) is 19.2 Å². The van der Waals surface area contributed by atoms with Crippen LogP contribution in [0.1, 0.15) is 32.7 Å². The molecule has 0 aliphatic rings. The summed E-state index contributed by atoms with van der Waals surface area (Å²) in [5.74, 6) is -1.89. The Morgan fingerprint density at radius 1 is 1.15 bits per heavy atom. The number of benzene rings is 2. The minimum Gasteiger partial charge on any atom is -0.465 e. The summed E-state index contributed by atoms with van der Waals surface area (Å²) in [6.07, 6.45) is 0.00639. The van der Waals surface area contributed by atoms with Gasteiger partial charge in [0, 0.05) is 18.7 Å². The summed E-state index contributed by atoms with van der Waals surface area (Å²) in [5, 5.41) is 5.23. The van der Waals surface area contributed by atoms with Crippen molar-refractivity contribution in [1.82, 2.24) is 5.32 Å². The van der Waals surface area contributed by atoms with Crippen LogP contribution in [0.25, 0.3) is 0 Å². The Morgan fingerprint density at radius 2 is 1.89 bits per heavy atom. The minimum atomic E-state index is -0.541. The number of halogens is 2. The fraction of sp³-hybridized carbons (Fsp3) is 0.211. The number of nitrogens with one attached hydrogen (secondary N) is 2. The Hall–Kier alpha value is -2.93. The summed E-state index contributed by atoms with van der Waals surface area (Å²) >= 11 is 5.83. The molecule has 0 saturated heterocycles. The first-order chi connectivity index (χ1) is 12.8. The number of anilines is 1. The van der Waals surface area contributed by atoms with Crippen LogP contribution in [0.4, 0.5) is 10.1 Å². The zero-order chi connectivity index (χ0) is 20.0. The molecule has 0 atom stereocenters. The molecule has 2 amide bonds. The molecule has 8 heteroatoms. The molecule has 142 valence electrons. The van der Waals surface area contributed by atoms with Crippen molar-refractivity contribution in [3.05, 3.63) is 63.9 Å². The van der Waals surface area contributed by atoms with Gasteiger partial charge >= 0.3 is 5.97 Å². The number of ether oxygens (including phenoxy) is 1. The average molecular weight is 393 g/mol. The summed E-state index contributed by atoms with van der Waals surface area (Å²) in [7, 11) is 1.27. The number of carbonyl (C=O) groups is 3. The van der Waals surface area contributed by atoms with E-state index in [4.69, 9.17) is 11.6 Å². The van der Waals surface area contributed by atoms with Crippen LogP contribution in [-0.2, 0) is 9.53 Å². The smallest absolute Gasteiger partial charge is 0.337 e. The van der Waals surface area contributed by atoms with Gasteiger partial charge in [-0.15, -0.1) is 0 Å². The summed E-state index contributed by atoms with van der Waals surface area (Å²) in [6, 6.07) is 8.26. The molecular formula is C19H18ClFN2O4. The first-order valence-electron chi connectivity index (χ1n) is 8.04. The van der Waals surface area contributed by atoms with Gasteiger partial charge in [0.1, 0.15) is 5.82 Å². The second-order valence-electron chi connectivity index (χ2n) is 5.70. The lowest BCUT2D eigenvalue weighted by Gasteiger charge is -2.11. The number of carbonyl (C=O) groups excluding carboxylic acids is 3. The van der Waals surface area contributed by atoms with Crippen molar-refractivity contribution in [2.75, 3.05) is 19.0 Å². The zero-order valence-electron chi connectivity index (χ0n) is 14.8. The molecule has 0 unspecified atom stereocenters. The van der Waals surface area contributed by atoms with Crippen LogP contribution >= 0.6 is 11.6 Å². The summed E-state index contributed by atoms with van der Waals surface area (Å²) in [5.41, 5.74) is 1.70. The standard InChI is InChI=1S/C19H18ClFN2O4/c1-11-3-4-12(19(26)27-2)9-16(11)23-17(24)7-8-22-18(25)14-6-5-13(21)10-15(14)20/h3-6,9-10H,7-8H2,1-2H3,(H,22,25)(H,23,24). The molecule has 2 aromatic carbocycles. The Bertz CT molecular complexity index is 886. The highest BCUT2D eigenvalue weighted by atomic mass is 35.5. The maximum absolute atomic E-state index is 13.0. The predicted molar refractivity (Wildman–Crippen MR) is 99.5 cm³/mol. The van der Waals surface area contributed by atoms with Crippen molar-refractivity contribution in [2.45, 2.75) is 13.3 Å². The molecule has 0 radical (unpaired) electrons. The average Bonchev–Trinajstić information content (AvgIpc) is 2.62. The SMILES string of the molecule is COC(=O)c1ccc(C)c(NC(=O)CCNC(=O)c2ccc(F)cc2Cl)c1. The third kappa shape index (κ3) is 5.52. The molecule has 0 bridgehead atoms. The van der Waals surface area contributed by atoms with Gasteiger partial charge in [-0.1, -0.05) is 17.7 Å². The van der Waals surface area contributed by atoms with Gasteiger partial charge in [0.25, 0.3) is 5.91 Å². The van der Waals surface area contributed by atoms with Crippen molar-refractivity contribution in [3.63, 3.8) is 0 Å². The molecule has 0 spiro atoms. The highest BCUT2D eigenvalue weighted by Gasteiger charge is 2.13. The van der Waals surface area contributed by atoms with Crippen LogP contribution < -0.4 is 10.6 Å². The Kier molecular flexibility index (Phi) is 6.90. The number of amides is 2. The van der Waals surface area contributed by atoms with Gasteiger partial charge in [0.05, 0.1) is 23.3 Å². The highest BCUT2D eigenvalue weighted by molar-refractivity contribution is 6.33. The van der Waals surface area contributed by atoms with E-state index in [1.807, 2.05) is 0 Å². The number of hydrogen-bond donors (Lipinski definition) is 2. The number of rotatable bonds is 6. The molecule has 2 N–H and O–H groups in total. The molecule has 0 aliphatic heterocycles. The number of hydrogen-bond acceptors (Lipinski definition) is 4. The van der Waals surface area contributed by atoms with Gasteiger partial charge in [0.2, 0.25) is 5.91 Å². The van der Waals surface area contributed by atoms with E-state index < -0.39 is 17.7 Å².